The van der Waals surface area contributed by atoms with Crippen LogP contribution in [0.4, 0.5) is 5.82 Å². The van der Waals surface area contributed by atoms with E-state index in [1.165, 1.54) is 10.5 Å². The maximum Gasteiger partial charge on any atom is 0.244 e. The summed E-state index contributed by atoms with van der Waals surface area (Å²) in [5.74, 6) is 1.45. The van der Waals surface area contributed by atoms with E-state index in [1.807, 2.05) is 24.1 Å². The maximum absolute atomic E-state index is 12.5. The number of likely N-dealkylation sites (N-methyl/N-ethyl adjacent to an activating group) is 1. The van der Waals surface area contributed by atoms with Crippen molar-refractivity contribution in [1.82, 2.24) is 9.29 Å². The molecular formula is C18H22ClN3O3S. The molecule has 0 atom stereocenters. The first-order chi connectivity index (χ1) is 12.5. The Labute approximate surface area is 159 Å². The topological polar surface area (TPSA) is 62.7 Å². The molecule has 0 bridgehead atoms. The SMILES string of the molecule is CN(CCOc1ccc(Cl)cc1)c1ccc(S(=O)(=O)N2CCCC2)cn1. The quantitative estimate of drug-likeness (QED) is 0.721. The van der Waals surface area contributed by atoms with E-state index < -0.39 is 10.0 Å². The molecule has 1 aromatic carbocycles. The number of anilines is 1. The standard InChI is InChI=1S/C18H22ClN3O3S/c1-21(12-13-25-16-6-4-15(19)5-7-16)18-9-8-17(14-20-18)26(23,24)22-10-2-3-11-22/h4-9,14H,2-3,10-13H2,1H3. The molecule has 0 radical (unpaired) electrons. The van der Waals surface area contributed by atoms with Crippen molar-refractivity contribution in [2.45, 2.75) is 17.7 Å². The number of halogens is 1. The zero-order valence-electron chi connectivity index (χ0n) is 14.6. The summed E-state index contributed by atoms with van der Waals surface area (Å²) in [6, 6.07) is 10.5. The molecule has 140 valence electrons. The lowest BCUT2D eigenvalue weighted by Gasteiger charge is -2.19. The Kier molecular flexibility index (Phi) is 6.01. The molecule has 0 saturated carbocycles. The van der Waals surface area contributed by atoms with Gasteiger partial charge in [-0.05, 0) is 49.2 Å². The van der Waals surface area contributed by atoms with Crippen molar-refractivity contribution in [3.8, 4) is 5.75 Å². The average Bonchev–Trinajstić information content (AvgIpc) is 3.19. The normalized spacial score (nSPS) is 15.2. The van der Waals surface area contributed by atoms with E-state index in [0.717, 1.165) is 18.6 Å². The van der Waals surface area contributed by atoms with Crippen molar-refractivity contribution in [3.63, 3.8) is 0 Å². The fourth-order valence-corrected chi connectivity index (χ4v) is 4.36. The second-order valence-electron chi connectivity index (χ2n) is 6.19. The summed E-state index contributed by atoms with van der Waals surface area (Å²) in [6.45, 7) is 2.28. The molecule has 0 spiro atoms. The second kappa shape index (κ2) is 8.24. The number of aromatic nitrogens is 1. The molecule has 0 amide bonds. The molecule has 0 aliphatic carbocycles. The molecule has 1 aliphatic heterocycles. The van der Waals surface area contributed by atoms with Gasteiger partial charge in [-0.3, -0.25) is 0 Å². The molecule has 8 heteroatoms. The van der Waals surface area contributed by atoms with Gasteiger partial charge in [-0.15, -0.1) is 0 Å². The molecule has 2 heterocycles. The third kappa shape index (κ3) is 4.47. The Morgan fingerprint density at radius 1 is 1.15 bits per heavy atom. The second-order valence-corrected chi connectivity index (χ2v) is 8.56. The fourth-order valence-electron chi connectivity index (χ4n) is 2.77. The lowest BCUT2D eigenvalue weighted by molar-refractivity contribution is 0.325. The van der Waals surface area contributed by atoms with Crippen LogP contribution in [0.15, 0.2) is 47.5 Å². The molecule has 1 fully saturated rings. The molecule has 1 aromatic heterocycles. The predicted molar refractivity (Wildman–Crippen MR) is 102 cm³/mol. The largest absolute Gasteiger partial charge is 0.492 e. The summed E-state index contributed by atoms with van der Waals surface area (Å²) in [5, 5.41) is 0.669. The monoisotopic (exact) mass is 395 g/mol. The number of pyridine rings is 1. The van der Waals surface area contributed by atoms with Crippen LogP contribution in [0.5, 0.6) is 5.75 Å². The van der Waals surface area contributed by atoms with Gasteiger partial charge in [0, 0.05) is 31.4 Å². The summed E-state index contributed by atoms with van der Waals surface area (Å²) >= 11 is 5.84. The number of hydrogen-bond acceptors (Lipinski definition) is 5. The molecule has 1 saturated heterocycles. The van der Waals surface area contributed by atoms with Gasteiger partial charge in [0.1, 0.15) is 23.1 Å². The lowest BCUT2D eigenvalue weighted by Crippen LogP contribution is -2.28. The van der Waals surface area contributed by atoms with E-state index in [-0.39, 0.29) is 4.90 Å². The van der Waals surface area contributed by atoms with E-state index in [4.69, 9.17) is 16.3 Å². The summed E-state index contributed by atoms with van der Waals surface area (Å²) in [5.41, 5.74) is 0. The van der Waals surface area contributed by atoms with E-state index in [9.17, 15) is 8.42 Å². The first kappa shape index (κ1) is 18.9. The highest BCUT2D eigenvalue weighted by molar-refractivity contribution is 7.89. The van der Waals surface area contributed by atoms with E-state index >= 15 is 0 Å². The van der Waals surface area contributed by atoms with Gasteiger partial charge in [0.2, 0.25) is 10.0 Å². The van der Waals surface area contributed by atoms with Gasteiger partial charge in [0.25, 0.3) is 0 Å². The number of ether oxygens (including phenoxy) is 1. The zero-order chi connectivity index (χ0) is 18.6. The Bertz CT molecular complexity index is 820. The first-order valence-electron chi connectivity index (χ1n) is 8.52. The van der Waals surface area contributed by atoms with Crippen molar-refractivity contribution in [3.05, 3.63) is 47.6 Å². The van der Waals surface area contributed by atoms with Crippen molar-refractivity contribution in [2.75, 3.05) is 38.2 Å². The first-order valence-corrected chi connectivity index (χ1v) is 10.3. The minimum Gasteiger partial charge on any atom is -0.492 e. The third-order valence-corrected chi connectivity index (χ3v) is 6.46. The van der Waals surface area contributed by atoms with E-state index in [1.54, 1.807) is 24.3 Å². The highest BCUT2D eigenvalue weighted by Crippen LogP contribution is 2.21. The van der Waals surface area contributed by atoms with Gasteiger partial charge >= 0.3 is 0 Å². The van der Waals surface area contributed by atoms with Crippen LogP contribution in [0.2, 0.25) is 5.02 Å². The highest BCUT2D eigenvalue weighted by atomic mass is 35.5. The number of rotatable bonds is 7. The van der Waals surface area contributed by atoms with Crippen molar-refractivity contribution in [1.29, 1.82) is 0 Å². The predicted octanol–water partition coefficient (Wildman–Crippen LogP) is 3.03. The van der Waals surface area contributed by atoms with Crippen LogP contribution in [-0.4, -0.2) is 51.0 Å². The number of hydrogen-bond donors (Lipinski definition) is 0. The van der Waals surface area contributed by atoms with Crippen LogP contribution < -0.4 is 9.64 Å². The fraction of sp³-hybridized carbons (Fsp3) is 0.389. The Balaban J connectivity index is 1.56. The van der Waals surface area contributed by atoms with Gasteiger partial charge < -0.3 is 9.64 Å². The Morgan fingerprint density at radius 2 is 1.85 bits per heavy atom. The van der Waals surface area contributed by atoms with E-state index in [0.29, 0.717) is 37.1 Å². The number of sulfonamides is 1. The van der Waals surface area contributed by atoms with Gasteiger partial charge in [0.15, 0.2) is 0 Å². The number of nitrogens with zero attached hydrogens (tertiary/aromatic N) is 3. The van der Waals surface area contributed by atoms with Gasteiger partial charge in [-0.25, -0.2) is 13.4 Å². The summed E-state index contributed by atoms with van der Waals surface area (Å²) in [4.78, 5) is 6.46. The molecule has 0 N–H and O–H groups in total. The van der Waals surface area contributed by atoms with Gasteiger partial charge in [0.05, 0.1) is 6.54 Å². The smallest absolute Gasteiger partial charge is 0.244 e. The zero-order valence-corrected chi connectivity index (χ0v) is 16.2. The molecule has 6 nitrogen and oxygen atoms in total. The minimum absolute atomic E-state index is 0.244. The Hall–Kier alpha value is -1.83. The lowest BCUT2D eigenvalue weighted by atomic mass is 10.3. The number of benzene rings is 1. The molecule has 1 aliphatic rings. The summed E-state index contributed by atoms with van der Waals surface area (Å²) in [6.07, 6.45) is 3.27. The summed E-state index contributed by atoms with van der Waals surface area (Å²) < 4.78 is 32.2. The van der Waals surface area contributed by atoms with Crippen molar-refractivity contribution < 1.29 is 13.2 Å². The highest BCUT2D eigenvalue weighted by Gasteiger charge is 2.27. The molecule has 3 rings (SSSR count). The summed E-state index contributed by atoms with van der Waals surface area (Å²) in [7, 11) is -1.53. The van der Waals surface area contributed by atoms with Crippen molar-refractivity contribution >= 4 is 27.4 Å². The van der Waals surface area contributed by atoms with Crippen molar-refractivity contribution in [2.24, 2.45) is 0 Å². The van der Waals surface area contributed by atoms with Crippen LogP contribution in [0.3, 0.4) is 0 Å². The Morgan fingerprint density at radius 3 is 2.46 bits per heavy atom. The maximum atomic E-state index is 12.5. The van der Waals surface area contributed by atoms with Crippen LogP contribution in [0.25, 0.3) is 0 Å². The van der Waals surface area contributed by atoms with Crippen LogP contribution >= 0.6 is 11.6 Å². The molecular weight excluding hydrogens is 374 g/mol. The van der Waals surface area contributed by atoms with Crippen LogP contribution in [0, 0.1) is 0 Å². The minimum atomic E-state index is -3.42. The van der Waals surface area contributed by atoms with Gasteiger partial charge in [-0.2, -0.15) is 4.31 Å². The third-order valence-electron chi connectivity index (χ3n) is 4.32. The molecule has 0 unspecified atom stereocenters. The van der Waals surface area contributed by atoms with Crippen LogP contribution in [0.1, 0.15) is 12.8 Å². The molecule has 2 aromatic rings. The average molecular weight is 396 g/mol. The van der Waals surface area contributed by atoms with E-state index in [2.05, 4.69) is 4.98 Å². The van der Waals surface area contributed by atoms with Crippen LogP contribution in [-0.2, 0) is 10.0 Å². The molecule has 26 heavy (non-hydrogen) atoms. The van der Waals surface area contributed by atoms with Gasteiger partial charge in [-0.1, -0.05) is 11.6 Å².